The number of para-hydroxylation sites is 2. The van der Waals surface area contributed by atoms with Gasteiger partial charge in [0.15, 0.2) is 24.3 Å². The van der Waals surface area contributed by atoms with Crippen LogP contribution >= 0.6 is 0 Å². The van der Waals surface area contributed by atoms with Crippen molar-refractivity contribution in [2.75, 3.05) is 6.61 Å². The van der Waals surface area contributed by atoms with Crippen LogP contribution in [0.2, 0.25) is 0 Å². The predicted molar refractivity (Wildman–Crippen MR) is 47.4 cm³/mol. The highest BCUT2D eigenvalue weighted by molar-refractivity contribution is 5.78. The monoisotopic (exact) mass is 192 g/mol. The Kier molecular flexibility index (Phi) is 3.33. The minimum absolute atomic E-state index is 0.0442. The van der Waals surface area contributed by atoms with E-state index in [2.05, 4.69) is 0 Å². The number of phenols is 1. The van der Waals surface area contributed by atoms with Crippen molar-refractivity contribution in [3.63, 3.8) is 0 Å². The van der Waals surface area contributed by atoms with Crippen LogP contribution in [0.5, 0.6) is 11.5 Å². The number of nitrogens with zero attached hydrogens (tertiary/aromatic N) is 1. The first kappa shape index (κ1) is 9.86. The molecule has 0 atom stereocenters. The maximum absolute atomic E-state index is 10.8. The van der Waals surface area contributed by atoms with E-state index in [4.69, 9.17) is 10.00 Å². The Morgan fingerprint density at radius 2 is 2.29 bits per heavy atom. The second kappa shape index (κ2) is 4.72. The van der Waals surface area contributed by atoms with Gasteiger partial charge in [-0.2, -0.15) is 5.26 Å². The van der Waals surface area contributed by atoms with Crippen molar-refractivity contribution in [2.24, 2.45) is 0 Å². The average molecular weight is 192 g/mol. The third kappa shape index (κ3) is 2.68. The Morgan fingerprint density at radius 3 is 2.93 bits per heavy atom. The van der Waals surface area contributed by atoms with Gasteiger partial charge in [0.25, 0.3) is 5.91 Å². The molecule has 1 aromatic rings. The van der Waals surface area contributed by atoms with E-state index in [1.165, 1.54) is 18.3 Å². The molecule has 0 bridgehead atoms. The number of nitrogens with one attached hydrogen (secondary N) is 1. The Balaban J connectivity index is 2.51. The Hall–Kier alpha value is -2.22. The van der Waals surface area contributed by atoms with Crippen LogP contribution in [0.25, 0.3) is 0 Å². The quantitative estimate of drug-likeness (QED) is 0.535. The maximum Gasteiger partial charge on any atom is 0.270 e. The van der Waals surface area contributed by atoms with Crippen LogP contribution in [-0.2, 0) is 4.79 Å². The first-order valence-corrected chi connectivity index (χ1v) is 3.83. The molecule has 72 valence electrons. The second-order valence-corrected chi connectivity index (χ2v) is 2.42. The lowest BCUT2D eigenvalue weighted by atomic mass is 10.3. The van der Waals surface area contributed by atoms with Crippen molar-refractivity contribution in [2.45, 2.75) is 0 Å². The molecule has 0 radical (unpaired) electrons. The van der Waals surface area contributed by atoms with Gasteiger partial charge in [-0.1, -0.05) is 12.1 Å². The summed E-state index contributed by atoms with van der Waals surface area (Å²) >= 11 is 0. The maximum atomic E-state index is 10.8. The number of carbonyl (C=O) groups excluding carboxylic acids is 1. The van der Waals surface area contributed by atoms with Crippen molar-refractivity contribution in [3.05, 3.63) is 24.3 Å². The number of phenolic OH excluding ortho intramolecular Hbond substituents is 1. The van der Waals surface area contributed by atoms with Crippen LogP contribution in [0.15, 0.2) is 24.3 Å². The third-order valence-corrected chi connectivity index (χ3v) is 1.42. The van der Waals surface area contributed by atoms with Gasteiger partial charge in [-0.25, -0.2) is 0 Å². The van der Waals surface area contributed by atoms with E-state index in [-0.39, 0.29) is 18.1 Å². The third-order valence-electron chi connectivity index (χ3n) is 1.42. The van der Waals surface area contributed by atoms with E-state index in [1.807, 2.05) is 5.32 Å². The topological polar surface area (TPSA) is 82.4 Å². The Bertz CT molecular complexity index is 371. The van der Waals surface area contributed by atoms with Gasteiger partial charge in [0.1, 0.15) is 0 Å². The van der Waals surface area contributed by atoms with Crippen molar-refractivity contribution < 1.29 is 14.6 Å². The van der Waals surface area contributed by atoms with Gasteiger partial charge in [0.05, 0.1) is 0 Å². The fraction of sp³-hybridized carbons (Fsp3) is 0.111. The fourth-order valence-corrected chi connectivity index (χ4v) is 0.821. The van der Waals surface area contributed by atoms with Gasteiger partial charge in [0.2, 0.25) is 0 Å². The summed E-state index contributed by atoms with van der Waals surface area (Å²) in [5.41, 5.74) is 0. The lowest BCUT2D eigenvalue weighted by Gasteiger charge is -2.05. The summed E-state index contributed by atoms with van der Waals surface area (Å²) in [5, 5.41) is 19.2. The van der Waals surface area contributed by atoms with Crippen molar-refractivity contribution in [3.8, 4) is 17.7 Å². The molecule has 1 amide bonds. The molecule has 5 heteroatoms. The largest absolute Gasteiger partial charge is 0.504 e. The van der Waals surface area contributed by atoms with Gasteiger partial charge in [-0.05, 0) is 12.1 Å². The summed E-state index contributed by atoms with van der Waals surface area (Å²) < 4.78 is 4.94. The van der Waals surface area contributed by atoms with Crippen molar-refractivity contribution in [1.29, 1.82) is 5.26 Å². The molecule has 0 spiro atoms. The minimum Gasteiger partial charge on any atom is -0.504 e. The zero-order valence-corrected chi connectivity index (χ0v) is 7.23. The van der Waals surface area contributed by atoms with Crippen LogP contribution in [0.4, 0.5) is 0 Å². The number of benzene rings is 1. The van der Waals surface area contributed by atoms with Crippen LogP contribution in [0, 0.1) is 11.5 Å². The summed E-state index contributed by atoms with van der Waals surface area (Å²) in [6, 6.07) is 6.27. The van der Waals surface area contributed by atoms with Crippen LogP contribution in [0.1, 0.15) is 0 Å². The number of rotatable bonds is 3. The van der Waals surface area contributed by atoms with Crippen molar-refractivity contribution >= 4 is 5.91 Å². The molecule has 0 aliphatic rings. The summed E-state index contributed by atoms with van der Waals surface area (Å²) in [5.74, 6) is -0.395. The highest BCUT2D eigenvalue weighted by Gasteiger charge is 2.04. The first-order chi connectivity index (χ1) is 6.74. The van der Waals surface area contributed by atoms with E-state index >= 15 is 0 Å². The van der Waals surface area contributed by atoms with Crippen molar-refractivity contribution in [1.82, 2.24) is 5.32 Å². The molecular weight excluding hydrogens is 184 g/mol. The molecular formula is C9H8N2O3. The summed E-state index contributed by atoms with van der Waals surface area (Å²) in [6.07, 6.45) is 1.48. The zero-order chi connectivity index (χ0) is 10.4. The number of carbonyl (C=O) groups is 1. The van der Waals surface area contributed by atoms with E-state index in [9.17, 15) is 9.90 Å². The molecule has 5 nitrogen and oxygen atoms in total. The van der Waals surface area contributed by atoms with E-state index in [0.717, 1.165) is 0 Å². The number of nitriles is 1. The Morgan fingerprint density at radius 1 is 1.57 bits per heavy atom. The number of ether oxygens (including phenoxy) is 1. The molecule has 0 fully saturated rings. The normalized spacial score (nSPS) is 8.79. The minimum atomic E-state index is -0.559. The van der Waals surface area contributed by atoms with Gasteiger partial charge in [-0.15, -0.1) is 0 Å². The molecule has 0 aliphatic carbocycles. The van der Waals surface area contributed by atoms with E-state index in [1.54, 1.807) is 12.1 Å². The lowest BCUT2D eigenvalue weighted by molar-refractivity contribution is -0.121. The highest BCUT2D eigenvalue weighted by Crippen LogP contribution is 2.23. The smallest absolute Gasteiger partial charge is 0.270 e. The number of hydrogen-bond acceptors (Lipinski definition) is 4. The molecule has 1 rings (SSSR count). The van der Waals surface area contributed by atoms with Gasteiger partial charge in [0, 0.05) is 0 Å². The molecule has 2 N–H and O–H groups in total. The molecule has 0 heterocycles. The summed E-state index contributed by atoms with van der Waals surface area (Å²) in [6.45, 7) is -0.300. The molecule has 1 aromatic carbocycles. The predicted octanol–water partition coefficient (Wildman–Crippen LogP) is 0.368. The van der Waals surface area contributed by atoms with Gasteiger partial charge >= 0.3 is 0 Å². The van der Waals surface area contributed by atoms with Crippen LogP contribution in [0.3, 0.4) is 0 Å². The van der Waals surface area contributed by atoms with Gasteiger partial charge < -0.3 is 9.84 Å². The Labute approximate surface area is 80.5 Å². The average Bonchev–Trinajstić information content (AvgIpc) is 2.17. The number of hydrogen-bond donors (Lipinski definition) is 2. The van der Waals surface area contributed by atoms with E-state index < -0.39 is 5.91 Å². The number of amides is 1. The summed E-state index contributed by atoms with van der Waals surface area (Å²) in [7, 11) is 0. The van der Waals surface area contributed by atoms with Gasteiger partial charge in [-0.3, -0.25) is 10.1 Å². The highest BCUT2D eigenvalue weighted by atomic mass is 16.5. The SMILES string of the molecule is N#CNC(=O)COc1ccccc1O. The van der Waals surface area contributed by atoms with Crippen LogP contribution in [-0.4, -0.2) is 17.6 Å². The molecule has 0 saturated heterocycles. The molecule has 14 heavy (non-hydrogen) atoms. The van der Waals surface area contributed by atoms with Crippen LogP contribution < -0.4 is 10.1 Å². The molecule has 0 aromatic heterocycles. The molecule has 0 aliphatic heterocycles. The fourth-order valence-electron chi connectivity index (χ4n) is 0.821. The van der Waals surface area contributed by atoms with E-state index in [0.29, 0.717) is 0 Å². The molecule has 0 unspecified atom stereocenters. The standard InChI is InChI=1S/C9H8N2O3/c10-6-11-9(13)5-14-8-4-2-1-3-7(8)12/h1-4,12H,5H2,(H,11,13). The number of aromatic hydroxyl groups is 1. The second-order valence-electron chi connectivity index (χ2n) is 2.42. The summed E-state index contributed by atoms with van der Waals surface area (Å²) in [4.78, 5) is 10.8. The molecule has 0 saturated carbocycles. The lowest BCUT2D eigenvalue weighted by Crippen LogP contribution is -2.24. The first-order valence-electron chi connectivity index (χ1n) is 3.83. The zero-order valence-electron chi connectivity index (χ0n) is 7.23.